The van der Waals surface area contributed by atoms with E-state index in [2.05, 4.69) is 99.3 Å². The summed E-state index contributed by atoms with van der Waals surface area (Å²) in [4.78, 5) is 12.7. The summed E-state index contributed by atoms with van der Waals surface area (Å²) >= 11 is 0. The molecule has 0 aliphatic heterocycles. The van der Waals surface area contributed by atoms with Crippen LogP contribution in [0.1, 0.15) is 85.0 Å². The maximum atomic E-state index is 12.7. The number of hydrogen-bond acceptors (Lipinski definition) is 5. The molecule has 0 bridgehead atoms. The number of hydrogen-bond donors (Lipinski definition) is 0. The Kier molecular flexibility index (Phi) is 10.8. The molecule has 0 spiro atoms. The van der Waals surface area contributed by atoms with Crippen LogP contribution in [0, 0.1) is 40.4 Å². The van der Waals surface area contributed by atoms with Crippen LogP contribution >= 0.6 is 0 Å². The summed E-state index contributed by atoms with van der Waals surface area (Å²) in [6.07, 6.45) is 11.6. The van der Waals surface area contributed by atoms with E-state index >= 15 is 0 Å². The molecule has 4 saturated carbocycles. The molecule has 0 aromatic carbocycles. The van der Waals surface area contributed by atoms with E-state index in [-0.39, 0.29) is 23.1 Å². The lowest BCUT2D eigenvalue weighted by molar-refractivity contribution is -0.237. The van der Waals surface area contributed by atoms with Crippen molar-refractivity contribution < 1.29 is 22.5 Å². The van der Waals surface area contributed by atoms with Gasteiger partial charge in [-0.3, -0.25) is 4.79 Å². The minimum absolute atomic E-state index is 0.0145. The lowest BCUT2D eigenvalue weighted by Crippen LogP contribution is -2.70. The zero-order valence-electron chi connectivity index (χ0n) is 32.2. The van der Waals surface area contributed by atoms with Gasteiger partial charge in [-0.05, 0) is 164 Å². The Labute approximate surface area is 282 Å². The minimum atomic E-state index is -1.87. The lowest BCUT2D eigenvalue weighted by atomic mass is 9.42. The van der Waals surface area contributed by atoms with Crippen LogP contribution in [0.4, 0.5) is 0 Å². The van der Waals surface area contributed by atoms with Crippen molar-refractivity contribution in [1.82, 2.24) is 0 Å². The highest BCUT2D eigenvalue weighted by molar-refractivity contribution is 6.71. The molecule has 262 valence electrons. The van der Waals surface area contributed by atoms with Gasteiger partial charge in [-0.1, -0.05) is 20.8 Å². The molecule has 0 heterocycles. The van der Waals surface area contributed by atoms with Crippen molar-refractivity contribution in [1.29, 1.82) is 0 Å². The number of fused-ring (bicyclic) bond motifs is 5. The molecule has 0 aromatic rings. The van der Waals surface area contributed by atoms with Crippen LogP contribution in [0.2, 0.25) is 78.6 Å². The Hall–Kier alpha value is 0.218. The first kappa shape index (κ1) is 38.0. The Morgan fingerprint density at radius 1 is 0.733 bits per heavy atom. The molecule has 0 radical (unpaired) electrons. The fourth-order valence-corrected chi connectivity index (χ4v) is 15.7. The van der Waals surface area contributed by atoms with Gasteiger partial charge in [0, 0.05) is 25.4 Å². The monoisotopic (exact) mass is 696 g/mol. The summed E-state index contributed by atoms with van der Waals surface area (Å²) in [6.45, 7) is 35.4. The van der Waals surface area contributed by atoms with Crippen molar-refractivity contribution in [2.75, 3.05) is 0 Å². The molecule has 45 heavy (non-hydrogen) atoms. The van der Waals surface area contributed by atoms with Crippen LogP contribution in [0.3, 0.4) is 0 Å². The molecule has 5 nitrogen and oxygen atoms in total. The van der Waals surface area contributed by atoms with Gasteiger partial charge in [-0.25, -0.2) is 0 Å². The maximum Gasteiger partial charge on any atom is 0.292 e. The van der Waals surface area contributed by atoms with E-state index < -0.39 is 33.3 Å². The van der Waals surface area contributed by atoms with Gasteiger partial charge in [-0.15, -0.1) is 0 Å². The second-order valence-corrected chi connectivity index (χ2v) is 38.1. The molecule has 0 N–H and O–H groups in total. The third kappa shape index (κ3) is 8.51. The highest BCUT2D eigenvalue weighted by atomic mass is 28.4. The Morgan fingerprint density at radius 3 is 1.91 bits per heavy atom. The summed E-state index contributed by atoms with van der Waals surface area (Å²) < 4.78 is 27.7. The van der Waals surface area contributed by atoms with E-state index in [1.54, 1.807) is 0 Å². The molecule has 4 aliphatic rings. The predicted molar refractivity (Wildman–Crippen MR) is 199 cm³/mol. The van der Waals surface area contributed by atoms with Crippen molar-refractivity contribution >= 4 is 39.2 Å². The van der Waals surface area contributed by atoms with Gasteiger partial charge >= 0.3 is 0 Å². The Bertz CT molecular complexity index is 1060. The van der Waals surface area contributed by atoms with E-state index in [9.17, 15) is 4.79 Å². The summed E-state index contributed by atoms with van der Waals surface area (Å²) in [5.41, 5.74) is 0.266. The highest BCUT2D eigenvalue weighted by Crippen LogP contribution is 2.70. The topological polar surface area (TPSA) is 54.0 Å². The molecule has 4 aliphatic carbocycles. The molecular weight excluding hydrogens is 625 g/mol. The molecule has 4 fully saturated rings. The molecule has 4 rings (SSSR count). The van der Waals surface area contributed by atoms with E-state index in [0.717, 1.165) is 25.7 Å². The van der Waals surface area contributed by atoms with Crippen molar-refractivity contribution in [3.8, 4) is 0 Å². The zero-order valence-corrected chi connectivity index (χ0v) is 36.2. The van der Waals surface area contributed by atoms with Gasteiger partial charge in [-0.2, -0.15) is 0 Å². The quantitative estimate of drug-likeness (QED) is 0.201. The zero-order chi connectivity index (χ0) is 34.0. The Balaban J connectivity index is 1.67. The smallest absolute Gasteiger partial charge is 0.292 e. The number of rotatable bonds is 11. The van der Waals surface area contributed by atoms with Gasteiger partial charge in [0.05, 0.1) is 11.7 Å². The normalized spacial score (nSPS) is 39.9. The molecule has 0 saturated heterocycles. The van der Waals surface area contributed by atoms with Crippen LogP contribution in [-0.2, 0) is 22.5 Å². The van der Waals surface area contributed by atoms with E-state index in [1.165, 1.54) is 32.1 Å². The second kappa shape index (κ2) is 12.8. The van der Waals surface area contributed by atoms with Gasteiger partial charge < -0.3 is 17.7 Å². The van der Waals surface area contributed by atoms with Crippen LogP contribution in [0.25, 0.3) is 0 Å². The molecule has 10 atom stereocenters. The van der Waals surface area contributed by atoms with Crippen molar-refractivity contribution in [3.05, 3.63) is 0 Å². The average Bonchev–Trinajstić information content (AvgIpc) is 3.16. The summed E-state index contributed by atoms with van der Waals surface area (Å²) in [7, 11) is -7.21. The predicted octanol–water partition coefficient (Wildman–Crippen LogP) is 10.5. The van der Waals surface area contributed by atoms with Crippen molar-refractivity contribution in [2.45, 2.75) is 181 Å². The molecule has 7 unspecified atom stereocenters. The fraction of sp³-hybridized carbons (Fsp3) is 0.972. The molecule has 0 amide bonds. The largest absolute Gasteiger partial charge is 0.520 e. The Morgan fingerprint density at radius 2 is 1.36 bits per heavy atom. The minimum Gasteiger partial charge on any atom is -0.520 e. The van der Waals surface area contributed by atoms with Crippen LogP contribution in [-0.4, -0.2) is 57.0 Å². The van der Waals surface area contributed by atoms with Gasteiger partial charge in [0.1, 0.15) is 0 Å². The lowest BCUT2D eigenvalue weighted by Gasteiger charge is -2.68. The second-order valence-electron chi connectivity index (χ2n) is 20.3. The molecular formula is C36H72O5Si4. The first-order valence-corrected chi connectivity index (χ1v) is 32.2. The van der Waals surface area contributed by atoms with Gasteiger partial charge in [0.2, 0.25) is 8.32 Å². The van der Waals surface area contributed by atoms with Crippen molar-refractivity contribution in [3.63, 3.8) is 0 Å². The third-order valence-corrected chi connectivity index (χ3v) is 16.1. The average molecular weight is 697 g/mol. The van der Waals surface area contributed by atoms with Crippen molar-refractivity contribution in [2.24, 2.45) is 40.4 Å². The summed E-state index contributed by atoms with van der Waals surface area (Å²) in [5, 5.41) is 0. The van der Waals surface area contributed by atoms with Crippen LogP contribution < -0.4 is 0 Å². The van der Waals surface area contributed by atoms with E-state index in [1.807, 2.05) is 0 Å². The number of carbonyl (C=O) groups excluding carboxylic acids is 1. The first-order chi connectivity index (χ1) is 20.3. The van der Waals surface area contributed by atoms with E-state index in [0.29, 0.717) is 47.5 Å². The molecule has 0 aromatic heterocycles. The maximum absolute atomic E-state index is 12.7. The molecule has 9 heteroatoms. The number of carbonyl (C=O) groups is 1. The van der Waals surface area contributed by atoms with Crippen LogP contribution in [0.15, 0.2) is 0 Å². The summed E-state index contributed by atoms with van der Waals surface area (Å²) in [5.74, 6) is 3.09. The van der Waals surface area contributed by atoms with Crippen LogP contribution in [0.5, 0.6) is 0 Å². The first-order valence-electron chi connectivity index (χ1n) is 18.6. The fourth-order valence-electron chi connectivity index (χ4n) is 11.0. The SMILES string of the molecule is CC(CCC(=O)O[Si](C)(C)C)C1CCC2C3C(CCC12C)C1(C)CC[C@@H](O[Si](C)(C)C)C[C@@]1(O[Si](C)(C)C)C[C@@H]3O[Si](C)(C)C. The summed E-state index contributed by atoms with van der Waals surface area (Å²) in [6, 6.07) is 0. The van der Waals surface area contributed by atoms with Gasteiger partial charge in [0.25, 0.3) is 5.97 Å². The standard InChI is InChI=1S/C36H72O5Si4/c1-26(16-19-32(37)40-44(10,11)12)28-17-18-29-33-30(21-22-34(28,29)2)35(3)23-20-27(38-42(4,5)6)24-36(35,41-45(13,14)15)25-31(33)39-43(7,8)9/h26-31,33H,16-25H2,1-15H3/t26?,27-,28?,29?,30?,31+,33?,34?,35?,36-/m1/s1. The van der Waals surface area contributed by atoms with E-state index in [4.69, 9.17) is 17.7 Å². The van der Waals surface area contributed by atoms with Gasteiger partial charge in [0.15, 0.2) is 25.0 Å². The third-order valence-electron chi connectivity index (χ3n) is 12.2. The highest BCUT2D eigenvalue weighted by Gasteiger charge is 2.69.